The summed E-state index contributed by atoms with van der Waals surface area (Å²) in [5, 5.41) is 0. The van der Waals surface area contributed by atoms with Crippen LogP contribution in [-0.4, -0.2) is 19.0 Å². The van der Waals surface area contributed by atoms with Crippen molar-refractivity contribution < 1.29 is 14.3 Å². The van der Waals surface area contributed by atoms with Gasteiger partial charge < -0.3 is 9.47 Å². The van der Waals surface area contributed by atoms with E-state index in [-0.39, 0.29) is 12.1 Å². The van der Waals surface area contributed by atoms with E-state index in [0.29, 0.717) is 13.2 Å². The fourth-order valence-electron chi connectivity index (χ4n) is 1.73. The van der Waals surface area contributed by atoms with E-state index in [0.717, 1.165) is 5.56 Å². The summed E-state index contributed by atoms with van der Waals surface area (Å²) in [4.78, 5) is 11.4. The van der Waals surface area contributed by atoms with Gasteiger partial charge in [-0.25, -0.2) is 0 Å². The van der Waals surface area contributed by atoms with E-state index in [2.05, 4.69) is 0 Å². The fourth-order valence-corrected chi connectivity index (χ4v) is 1.73. The lowest BCUT2D eigenvalue weighted by molar-refractivity contribution is -0.226. The molecule has 2 rings (SSSR count). The summed E-state index contributed by atoms with van der Waals surface area (Å²) in [5.41, 5.74) is 1.71. The van der Waals surface area contributed by atoms with Crippen LogP contribution >= 0.6 is 0 Å². The number of rotatable bonds is 2. The third-order valence-corrected chi connectivity index (χ3v) is 3.31. The third-order valence-electron chi connectivity index (χ3n) is 3.31. The van der Waals surface area contributed by atoms with Gasteiger partial charge in [-0.15, -0.1) is 0 Å². The van der Waals surface area contributed by atoms with Crippen molar-refractivity contribution >= 4 is 5.78 Å². The van der Waals surface area contributed by atoms with Crippen LogP contribution in [0.1, 0.15) is 31.3 Å². The molecule has 0 aromatic heterocycles. The number of ketones is 1. The predicted molar refractivity (Wildman–Crippen MR) is 64.6 cm³/mol. The summed E-state index contributed by atoms with van der Waals surface area (Å²) in [5.74, 6) is 0.111. The first kappa shape index (κ1) is 12.3. The first-order chi connectivity index (χ1) is 8.01. The number of hydrogen-bond acceptors (Lipinski definition) is 3. The number of benzene rings is 1. The molecule has 3 heteroatoms. The van der Waals surface area contributed by atoms with Crippen LogP contribution in [0.15, 0.2) is 24.3 Å². The van der Waals surface area contributed by atoms with Crippen molar-refractivity contribution in [2.45, 2.75) is 27.1 Å². The smallest absolute Gasteiger partial charge is 0.183 e. The number of Topliss-reactive ketones (excluding diaryl/α,β-unsaturated/α-hetero) is 1. The highest BCUT2D eigenvalue weighted by atomic mass is 16.7. The molecule has 0 unspecified atom stereocenters. The Labute approximate surface area is 102 Å². The van der Waals surface area contributed by atoms with Crippen LogP contribution in [-0.2, 0) is 14.3 Å². The van der Waals surface area contributed by atoms with Crippen LogP contribution in [0.2, 0.25) is 0 Å². The van der Waals surface area contributed by atoms with Crippen LogP contribution in [0, 0.1) is 12.3 Å². The van der Waals surface area contributed by atoms with Crippen LogP contribution in [0.25, 0.3) is 0 Å². The molecule has 1 aromatic rings. The molecule has 1 aromatic carbocycles. The number of carbonyl (C=O) groups is 1. The summed E-state index contributed by atoms with van der Waals surface area (Å²) in [6.45, 7) is 6.33. The van der Waals surface area contributed by atoms with Crippen molar-refractivity contribution in [1.29, 1.82) is 0 Å². The molecule has 0 atom stereocenters. The zero-order chi connectivity index (χ0) is 12.5. The van der Waals surface area contributed by atoms with Crippen molar-refractivity contribution in [2.75, 3.05) is 13.2 Å². The van der Waals surface area contributed by atoms with Crippen molar-refractivity contribution in [3.05, 3.63) is 35.4 Å². The molecule has 1 fully saturated rings. The standard InChI is InChI=1S/C14H18O3/c1-10-4-6-12(7-5-10)13-16-8-14(3,9-17-13)11(2)15/h4-7,13H,8-9H2,1-3H3. The molecule has 0 N–H and O–H groups in total. The molecule has 0 spiro atoms. The molecule has 92 valence electrons. The minimum Gasteiger partial charge on any atom is -0.347 e. The van der Waals surface area contributed by atoms with E-state index in [9.17, 15) is 4.79 Å². The van der Waals surface area contributed by atoms with Gasteiger partial charge >= 0.3 is 0 Å². The molecule has 1 aliphatic rings. The molecule has 0 amide bonds. The second-order valence-electron chi connectivity index (χ2n) is 4.98. The maximum atomic E-state index is 11.4. The Balaban J connectivity index is 2.04. The summed E-state index contributed by atoms with van der Waals surface area (Å²) in [6, 6.07) is 8.05. The second-order valence-corrected chi connectivity index (χ2v) is 4.98. The van der Waals surface area contributed by atoms with Gasteiger partial charge in [0, 0.05) is 5.56 Å². The van der Waals surface area contributed by atoms with Crippen LogP contribution in [0.4, 0.5) is 0 Å². The predicted octanol–water partition coefficient (Wildman–Crippen LogP) is 2.64. The third kappa shape index (κ3) is 2.56. The Bertz CT molecular complexity index is 400. The quantitative estimate of drug-likeness (QED) is 0.789. The van der Waals surface area contributed by atoms with E-state index in [1.165, 1.54) is 5.56 Å². The van der Waals surface area contributed by atoms with Crippen molar-refractivity contribution in [3.8, 4) is 0 Å². The van der Waals surface area contributed by atoms with Gasteiger partial charge in [-0.05, 0) is 20.8 Å². The molecule has 17 heavy (non-hydrogen) atoms. The van der Waals surface area contributed by atoms with Crippen LogP contribution in [0.5, 0.6) is 0 Å². The molecule has 0 radical (unpaired) electrons. The molecular weight excluding hydrogens is 216 g/mol. The summed E-state index contributed by atoms with van der Waals surface area (Å²) >= 11 is 0. The zero-order valence-corrected chi connectivity index (χ0v) is 10.5. The van der Waals surface area contributed by atoms with Crippen LogP contribution in [0.3, 0.4) is 0 Å². The SMILES string of the molecule is CC(=O)C1(C)COC(c2ccc(C)cc2)OC1. The van der Waals surface area contributed by atoms with E-state index in [1.54, 1.807) is 6.92 Å². The number of hydrogen-bond donors (Lipinski definition) is 0. The zero-order valence-electron chi connectivity index (χ0n) is 10.5. The van der Waals surface area contributed by atoms with Crippen molar-refractivity contribution in [1.82, 2.24) is 0 Å². The number of carbonyl (C=O) groups excluding carboxylic acids is 1. The number of aryl methyl sites for hydroxylation is 1. The molecule has 3 nitrogen and oxygen atoms in total. The van der Waals surface area contributed by atoms with Crippen LogP contribution < -0.4 is 0 Å². The van der Waals surface area contributed by atoms with Gasteiger partial charge in [0.1, 0.15) is 5.78 Å². The summed E-state index contributed by atoms with van der Waals surface area (Å²) < 4.78 is 11.3. The highest BCUT2D eigenvalue weighted by Gasteiger charge is 2.37. The lowest BCUT2D eigenvalue weighted by Crippen LogP contribution is -2.41. The lowest BCUT2D eigenvalue weighted by Gasteiger charge is -2.35. The molecule has 0 saturated carbocycles. The van der Waals surface area contributed by atoms with E-state index in [4.69, 9.17) is 9.47 Å². The van der Waals surface area contributed by atoms with Crippen molar-refractivity contribution in [2.24, 2.45) is 5.41 Å². The minimum absolute atomic E-state index is 0.111. The second kappa shape index (κ2) is 4.59. The molecule has 0 aliphatic carbocycles. The Morgan fingerprint density at radius 2 is 1.76 bits per heavy atom. The monoisotopic (exact) mass is 234 g/mol. The Kier molecular flexibility index (Phi) is 3.31. The molecule has 1 heterocycles. The van der Waals surface area contributed by atoms with E-state index in [1.807, 2.05) is 38.1 Å². The molecular formula is C14H18O3. The normalized spacial score (nSPS) is 29.0. The van der Waals surface area contributed by atoms with Gasteiger partial charge in [0.2, 0.25) is 0 Å². The maximum absolute atomic E-state index is 11.4. The Morgan fingerprint density at radius 1 is 1.24 bits per heavy atom. The Morgan fingerprint density at radius 3 is 2.24 bits per heavy atom. The number of ether oxygens (including phenoxy) is 2. The maximum Gasteiger partial charge on any atom is 0.183 e. The topological polar surface area (TPSA) is 35.5 Å². The molecule has 0 bridgehead atoms. The van der Waals surface area contributed by atoms with E-state index < -0.39 is 5.41 Å². The molecule has 1 saturated heterocycles. The highest BCUT2D eigenvalue weighted by Crippen LogP contribution is 2.32. The Hall–Kier alpha value is -1.19. The average molecular weight is 234 g/mol. The fraction of sp³-hybridized carbons (Fsp3) is 0.500. The summed E-state index contributed by atoms with van der Waals surface area (Å²) in [6.07, 6.45) is -0.344. The minimum atomic E-state index is -0.499. The van der Waals surface area contributed by atoms with Gasteiger partial charge in [0.25, 0.3) is 0 Å². The highest BCUT2D eigenvalue weighted by molar-refractivity contribution is 5.82. The van der Waals surface area contributed by atoms with Crippen molar-refractivity contribution in [3.63, 3.8) is 0 Å². The summed E-state index contributed by atoms with van der Waals surface area (Å²) in [7, 11) is 0. The lowest BCUT2D eigenvalue weighted by atomic mass is 9.88. The first-order valence-corrected chi connectivity index (χ1v) is 5.82. The average Bonchev–Trinajstić information content (AvgIpc) is 2.31. The van der Waals surface area contributed by atoms with Gasteiger partial charge in [-0.3, -0.25) is 4.79 Å². The van der Waals surface area contributed by atoms with Gasteiger partial charge in [-0.2, -0.15) is 0 Å². The van der Waals surface area contributed by atoms with Gasteiger partial charge in [-0.1, -0.05) is 29.8 Å². The molecule has 1 aliphatic heterocycles. The van der Waals surface area contributed by atoms with E-state index >= 15 is 0 Å². The first-order valence-electron chi connectivity index (χ1n) is 5.82. The largest absolute Gasteiger partial charge is 0.347 e. The van der Waals surface area contributed by atoms with Gasteiger partial charge in [0.05, 0.1) is 18.6 Å². The van der Waals surface area contributed by atoms with Gasteiger partial charge in [0.15, 0.2) is 6.29 Å².